The molecule has 0 aliphatic carbocycles. The van der Waals surface area contributed by atoms with Crippen molar-refractivity contribution in [2.45, 2.75) is 51.9 Å². The van der Waals surface area contributed by atoms with E-state index < -0.39 is 0 Å². The molecule has 0 unspecified atom stereocenters. The van der Waals surface area contributed by atoms with Gasteiger partial charge in [0, 0.05) is 18.7 Å². The minimum atomic E-state index is 0.205. The van der Waals surface area contributed by atoms with E-state index in [0.29, 0.717) is 11.8 Å². The van der Waals surface area contributed by atoms with Crippen molar-refractivity contribution < 1.29 is 4.79 Å². The Hall–Kier alpha value is -2.09. The standard InChI is InChI=1S/C24H31NO/c1-3-21(4-2)22-11-8-12-23(18-22)24(26)25-15-13-20(14-16-25)17-19-9-6-5-7-10-19/h5-12,18,20-21H,3-4,13-17H2,1-2H3. The normalized spacial score (nSPS) is 15.4. The van der Waals surface area contributed by atoms with Gasteiger partial charge in [-0.25, -0.2) is 0 Å². The van der Waals surface area contributed by atoms with Gasteiger partial charge >= 0.3 is 0 Å². The van der Waals surface area contributed by atoms with Crippen LogP contribution in [0.4, 0.5) is 0 Å². The van der Waals surface area contributed by atoms with E-state index >= 15 is 0 Å². The van der Waals surface area contributed by atoms with Crippen LogP contribution >= 0.6 is 0 Å². The van der Waals surface area contributed by atoms with Gasteiger partial charge in [0.15, 0.2) is 0 Å². The van der Waals surface area contributed by atoms with E-state index in [2.05, 4.69) is 56.3 Å². The molecule has 1 saturated heterocycles. The van der Waals surface area contributed by atoms with Crippen LogP contribution in [0.2, 0.25) is 0 Å². The molecule has 1 amide bonds. The Balaban J connectivity index is 1.59. The van der Waals surface area contributed by atoms with Gasteiger partial charge in [0.25, 0.3) is 5.91 Å². The number of rotatable bonds is 6. The smallest absolute Gasteiger partial charge is 0.253 e. The summed E-state index contributed by atoms with van der Waals surface area (Å²) >= 11 is 0. The summed E-state index contributed by atoms with van der Waals surface area (Å²) < 4.78 is 0. The van der Waals surface area contributed by atoms with E-state index in [0.717, 1.165) is 50.8 Å². The molecule has 0 spiro atoms. The van der Waals surface area contributed by atoms with Crippen molar-refractivity contribution in [3.05, 3.63) is 71.3 Å². The van der Waals surface area contributed by atoms with Crippen LogP contribution in [-0.4, -0.2) is 23.9 Å². The number of amides is 1. The van der Waals surface area contributed by atoms with Crippen LogP contribution < -0.4 is 0 Å². The van der Waals surface area contributed by atoms with Crippen LogP contribution in [0.15, 0.2) is 54.6 Å². The number of benzene rings is 2. The number of hydrogen-bond donors (Lipinski definition) is 0. The third kappa shape index (κ3) is 4.55. The first kappa shape index (κ1) is 18.7. The first-order chi connectivity index (χ1) is 12.7. The first-order valence-corrected chi connectivity index (χ1v) is 10.1. The summed E-state index contributed by atoms with van der Waals surface area (Å²) in [5.41, 5.74) is 3.57. The van der Waals surface area contributed by atoms with Crippen molar-refractivity contribution >= 4 is 5.91 Å². The molecule has 2 aromatic carbocycles. The van der Waals surface area contributed by atoms with E-state index in [4.69, 9.17) is 0 Å². The van der Waals surface area contributed by atoms with Gasteiger partial charge in [-0.2, -0.15) is 0 Å². The first-order valence-electron chi connectivity index (χ1n) is 10.1. The highest BCUT2D eigenvalue weighted by molar-refractivity contribution is 5.94. The lowest BCUT2D eigenvalue weighted by Crippen LogP contribution is -2.39. The Morgan fingerprint density at radius 1 is 1.00 bits per heavy atom. The molecule has 1 fully saturated rings. The zero-order valence-electron chi connectivity index (χ0n) is 16.2. The molecule has 138 valence electrons. The largest absolute Gasteiger partial charge is 0.339 e. The second-order valence-electron chi connectivity index (χ2n) is 7.56. The Labute approximate surface area is 158 Å². The number of carbonyl (C=O) groups is 1. The fraction of sp³-hybridized carbons (Fsp3) is 0.458. The van der Waals surface area contributed by atoms with Crippen LogP contribution in [0.3, 0.4) is 0 Å². The third-order valence-corrected chi connectivity index (χ3v) is 5.86. The molecule has 0 saturated carbocycles. The topological polar surface area (TPSA) is 20.3 Å². The molecule has 26 heavy (non-hydrogen) atoms. The molecular formula is C24H31NO. The number of carbonyl (C=O) groups excluding carboxylic acids is 1. The van der Waals surface area contributed by atoms with E-state index in [9.17, 15) is 4.79 Å². The zero-order chi connectivity index (χ0) is 18.4. The van der Waals surface area contributed by atoms with Gasteiger partial charge in [0.05, 0.1) is 0 Å². The molecule has 1 aliphatic rings. The maximum atomic E-state index is 12.9. The molecule has 0 bridgehead atoms. The average Bonchev–Trinajstić information content (AvgIpc) is 2.70. The second kappa shape index (κ2) is 9.02. The highest BCUT2D eigenvalue weighted by atomic mass is 16.2. The number of likely N-dealkylation sites (tertiary alicyclic amines) is 1. The van der Waals surface area contributed by atoms with Gasteiger partial charge in [-0.3, -0.25) is 4.79 Å². The molecule has 1 heterocycles. The van der Waals surface area contributed by atoms with Gasteiger partial charge in [-0.05, 0) is 67.2 Å². The van der Waals surface area contributed by atoms with Crippen molar-refractivity contribution in [3.63, 3.8) is 0 Å². The lowest BCUT2D eigenvalue weighted by molar-refractivity contribution is 0.0690. The molecular weight excluding hydrogens is 318 g/mol. The summed E-state index contributed by atoms with van der Waals surface area (Å²) in [6.45, 7) is 6.21. The molecule has 2 heteroatoms. The molecule has 2 aromatic rings. The lowest BCUT2D eigenvalue weighted by atomic mass is 9.89. The third-order valence-electron chi connectivity index (χ3n) is 5.86. The minimum absolute atomic E-state index is 0.205. The summed E-state index contributed by atoms with van der Waals surface area (Å²) in [5.74, 6) is 1.45. The van der Waals surface area contributed by atoms with Gasteiger partial charge in [0.1, 0.15) is 0 Å². The van der Waals surface area contributed by atoms with Crippen molar-refractivity contribution in [1.29, 1.82) is 0 Å². The van der Waals surface area contributed by atoms with E-state index in [1.54, 1.807) is 0 Å². The fourth-order valence-electron chi connectivity index (χ4n) is 4.16. The summed E-state index contributed by atoms with van der Waals surface area (Å²) in [6.07, 6.45) is 5.59. The highest BCUT2D eigenvalue weighted by Gasteiger charge is 2.24. The number of hydrogen-bond acceptors (Lipinski definition) is 1. The van der Waals surface area contributed by atoms with Crippen LogP contribution in [0.25, 0.3) is 0 Å². The van der Waals surface area contributed by atoms with Gasteiger partial charge in [-0.15, -0.1) is 0 Å². The van der Waals surface area contributed by atoms with Crippen molar-refractivity contribution in [2.75, 3.05) is 13.1 Å². The Bertz CT molecular complexity index is 697. The molecule has 2 nitrogen and oxygen atoms in total. The molecule has 3 rings (SSSR count). The number of piperidine rings is 1. The summed E-state index contributed by atoms with van der Waals surface area (Å²) in [6, 6.07) is 19.0. The molecule has 0 radical (unpaired) electrons. The molecule has 0 N–H and O–H groups in total. The van der Waals surface area contributed by atoms with Crippen LogP contribution in [0.5, 0.6) is 0 Å². The maximum absolute atomic E-state index is 12.9. The summed E-state index contributed by atoms with van der Waals surface area (Å²) in [7, 11) is 0. The van der Waals surface area contributed by atoms with Crippen LogP contribution in [-0.2, 0) is 6.42 Å². The van der Waals surface area contributed by atoms with Crippen LogP contribution in [0.1, 0.15) is 66.9 Å². The van der Waals surface area contributed by atoms with Crippen molar-refractivity contribution in [2.24, 2.45) is 5.92 Å². The van der Waals surface area contributed by atoms with Gasteiger partial charge < -0.3 is 4.90 Å². The van der Waals surface area contributed by atoms with E-state index in [1.165, 1.54) is 11.1 Å². The van der Waals surface area contributed by atoms with Gasteiger partial charge in [0.2, 0.25) is 0 Å². The Morgan fingerprint density at radius 2 is 1.69 bits per heavy atom. The predicted octanol–water partition coefficient (Wildman–Crippen LogP) is 5.69. The van der Waals surface area contributed by atoms with E-state index in [-0.39, 0.29) is 5.91 Å². The SMILES string of the molecule is CCC(CC)c1cccc(C(=O)N2CCC(Cc3ccccc3)CC2)c1. The van der Waals surface area contributed by atoms with Crippen molar-refractivity contribution in [1.82, 2.24) is 4.90 Å². The minimum Gasteiger partial charge on any atom is -0.339 e. The Kier molecular flexibility index (Phi) is 6.49. The second-order valence-corrected chi connectivity index (χ2v) is 7.56. The average molecular weight is 350 g/mol. The van der Waals surface area contributed by atoms with Gasteiger partial charge in [-0.1, -0.05) is 56.3 Å². The summed E-state index contributed by atoms with van der Waals surface area (Å²) in [4.78, 5) is 15.0. The van der Waals surface area contributed by atoms with E-state index in [1.807, 2.05) is 17.0 Å². The molecule has 0 atom stereocenters. The highest BCUT2D eigenvalue weighted by Crippen LogP contribution is 2.26. The molecule has 1 aliphatic heterocycles. The number of nitrogens with zero attached hydrogens (tertiary/aromatic N) is 1. The fourth-order valence-corrected chi connectivity index (χ4v) is 4.16. The Morgan fingerprint density at radius 3 is 2.35 bits per heavy atom. The molecule has 0 aromatic heterocycles. The zero-order valence-corrected chi connectivity index (χ0v) is 16.2. The predicted molar refractivity (Wildman–Crippen MR) is 109 cm³/mol. The lowest BCUT2D eigenvalue weighted by Gasteiger charge is -2.32. The van der Waals surface area contributed by atoms with Crippen molar-refractivity contribution in [3.8, 4) is 0 Å². The quantitative estimate of drug-likeness (QED) is 0.656. The van der Waals surface area contributed by atoms with Crippen LogP contribution in [0, 0.1) is 5.92 Å². The monoisotopic (exact) mass is 349 g/mol. The summed E-state index contributed by atoms with van der Waals surface area (Å²) in [5, 5.41) is 0. The maximum Gasteiger partial charge on any atom is 0.253 e.